The minimum Gasteiger partial charge on any atom is -0.495 e. The molecule has 3 aromatic rings. The first-order chi connectivity index (χ1) is 16.0. The SMILES string of the molecule is COc1ccccc1N(C)[C@]1([C@H](c2ccccc2)c2ccc(Cl)c(Cl)c2)CN2CCC1CC2. The van der Waals surface area contributed by atoms with Gasteiger partial charge < -0.3 is 14.5 Å². The average molecular weight is 481 g/mol. The van der Waals surface area contributed by atoms with Crippen LogP contribution in [0.5, 0.6) is 5.75 Å². The molecule has 3 fully saturated rings. The Kier molecular flexibility index (Phi) is 6.30. The van der Waals surface area contributed by atoms with Gasteiger partial charge in [0.25, 0.3) is 0 Å². The molecule has 0 aromatic heterocycles. The summed E-state index contributed by atoms with van der Waals surface area (Å²) >= 11 is 12.9. The summed E-state index contributed by atoms with van der Waals surface area (Å²) in [6.45, 7) is 3.32. The molecular weight excluding hydrogens is 451 g/mol. The molecule has 0 amide bonds. The van der Waals surface area contributed by atoms with Crippen LogP contribution in [0.25, 0.3) is 0 Å². The van der Waals surface area contributed by atoms with Gasteiger partial charge in [-0.2, -0.15) is 0 Å². The number of rotatable bonds is 6. The normalized spacial score (nSPS) is 25.0. The molecular formula is C28H30Cl2N2O. The molecule has 6 rings (SSSR count). The second-order valence-electron chi connectivity index (χ2n) is 9.29. The van der Waals surface area contributed by atoms with Crippen molar-refractivity contribution in [1.82, 2.24) is 4.90 Å². The molecule has 0 spiro atoms. The second-order valence-corrected chi connectivity index (χ2v) is 10.1. The van der Waals surface area contributed by atoms with Gasteiger partial charge in [0.05, 0.1) is 28.4 Å². The highest BCUT2D eigenvalue weighted by atomic mass is 35.5. The van der Waals surface area contributed by atoms with E-state index < -0.39 is 0 Å². The molecule has 0 radical (unpaired) electrons. The van der Waals surface area contributed by atoms with Crippen molar-refractivity contribution in [3.05, 3.63) is 94.0 Å². The van der Waals surface area contributed by atoms with Gasteiger partial charge in [-0.3, -0.25) is 0 Å². The maximum atomic E-state index is 6.58. The van der Waals surface area contributed by atoms with E-state index in [9.17, 15) is 0 Å². The third kappa shape index (κ3) is 3.90. The smallest absolute Gasteiger partial charge is 0.142 e. The molecule has 3 saturated heterocycles. The van der Waals surface area contributed by atoms with Crippen LogP contribution in [0.4, 0.5) is 5.69 Å². The second kappa shape index (κ2) is 9.21. The number of anilines is 1. The van der Waals surface area contributed by atoms with Crippen molar-refractivity contribution in [2.24, 2.45) is 5.92 Å². The number of ether oxygens (including phenoxy) is 1. The number of halogens is 2. The van der Waals surface area contributed by atoms with Crippen LogP contribution in [0, 0.1) is 5.92 Å². The molecule has 3 aliphatic heterocycles. The Hall–Kier alpha value is -2.20. The van der Waals surface area contributed by atoms with Crippen molar-refractivity contribution in [2.75, 3.05) is 38.7 Å². The summed E-state index contributed by atoms with van der Waals surface area (Å²) in [4.78, 5) is 5.13. The minimum atomic E-state index is -0.163. The maximum absolute atomic E-state index is 6.58. The molecule has 33 heavy (non-hydrogen) atoms. The first-order valence-electron chi connectivity index (χ1n) is 11.6. The van der Waals surface area contributed by atoms with E-state index in [2.05, 4.69) is 77.5 Å². The zero-order chi connectivity index (χ0) is 23.0. The molecule has 0 unspecified atom stereocenters. The van der Waals surface area contributed by atoms with Crippen LogP contribution in [0.2, 0.25) is 10.0 Å². The van der Waals surface area contributed by atoms with Crippen molar-refractivity contribution in [1.29, 1.82) is 0 Å². The highest BCUT2D eigenvalue weighted by molar-refractivity contribution is 6.42. The fraction of sp³-hybridized carbons (Fsp3) is 0.357. The average Bonchev–Trinajstić information content (AvgIpc) is 2.87. The number of fused-ring (bicyclic) bond motifs is 3. The van der Waals surface area contributed by atoms with E-state index in [0.29, 0.717) is 16.0 Å². The van der Waals surface area contributed by atoms with E-state index in [4.69, 9.17) is 27.9 Å². The van der Waals surface area contributed by atoms with Crippen LogP contribution in [0.15, 0.2) is 72.8 Å². The Morgan fingerprint density at radius 1 is 0.909 bits per heavy atom. The first-order valence-corrected chi connectivity index (χ1v) is 12.4. The zero-order valence-electron chi connectivity index (χ0n) is 19.2. The number of hydrogen-bond acceptors (Lipinski definition) is 3. The van der Waals surface area contributed by atoms with Crippen LogP contribution >= 0.6 is 23.2 Å². The summed E-state index contributed by atoms with van der Waals surface area (Å²) in [5.74, 6) is 1.56. The number of likely N-dealkylation sites (N-methyl/N-ethyl adjacent to an activating group) is 1. The third-order valence-corrected chi connectivity index (χ3v) is 8.49. The van der Waals surface area contributed by atoms with Gasteiger partial charge in [0, 0.05) is 19.5 Å². The molecule has 172 valence electrons. The van der Waals surface area contributed by atoms with Gasteiger partial charge in [-0.15, -0.1) is 0 Å². The van der Waals surface area contributed by atoms with Gasteiger partial charge >= 0.3 is 0 Å². The molecule has 3 heterocycles. The van der Waals surface area contributed by atoms with Crippen LogP contribution < -0.4 is 9.64 Å². The number of para-hydroxylation sites is 2. The van der Waals surface area contributed by atoms with E-state index >= 15 is 0 Å². The first kappa shape index (κ1) is 22.6. The van der Waals surface area contributed by atoms with Crippen molar-refractivity contribution in [2.45, 2.75) is 24.3 Å². The van der Waals surface area contributed by atoms with Gasteiger partial charge in [-0.25, -0.2) is 0 Å². The van der Waals surface area contributed by atoms with Gasteiger partial charge in [0.15, 0.2) is 0 Å². The van der Waals surface area contributed by atoms with Crippen LogP contribution in [0.3, 0.4) is 0 Å². The number of benzene rings is 3. The predicted molar refractivity (Wildman–Crippen MR) is 138 cm³/mol. The quantitative estimate of drug-likeness (QED) is 0.388. The van der Waals surface area contributed by atoms with Gasteiger partial charge in [0.1, 0.15) is 5.75 Å². The van der Waals surface area contributed by atoms with Gasteiger partial charge in [0.2, 0.25) is 0 Å². The lowest BCUT2D eigenvalue weighted by atomic mass is 9.61. The molecule has 3 aliphatic rings. The third-order valence-electron chi connectivity index (χ3n) is 7.75. The lowest BCUT2D eigenvalue weighted by Gasteiger charge is -2.61. The Morgan fingerprint density at radius 2 is 1.61 bits per heavy atom. The Balaban J connectivity index is 1.75. The molecule has 0 N–H and O–H groups in total. The molecule has 2 atom stereocenters. The lowest BCUT2D eigenvalue weighted by molar-refractivity contribution is 0.0168. The van der Waals surface area contributed by atoms with E-state index in [0.717, 1.165) is 31.1 Å². The fourth-order valence-electron chi connectivity index (χ4n) is 6.22. The summed E-state index contributed by atoms with van der Waals surface area (Å²) in [6.07, 6.45) is 2.37. The highest BCUT2D eigenvalue weighted by Crippen LogP contribution is 2.53. The zero-order valence-corrected chi connectivity index (χ0v) is 20.7. The van der Waals surface area contributed by atoms with E-state index in [1.54, 1.807) is 7.11 Å². The standard InChI is InChI=1S/C28H30Cl2N2O/c1-31(25-10-6-7-11-26(25)33-2)28(19-32-16-14-22(28)15-17-32)27(20-8-4-3-5-9-20)21-12-13-23(29)24(30)18-21/h3-13,18,22,27H,14-17,19H2,1-2H3/t27-,28-/m1/s1. The van der Waals surface area contributed by atoms with E-state index in [1.165, 1.54) is 24.0 Å². The summed E-state index contributed by atoms with van der Waals surface area (Å²) in [5.41, 5.74) is 3.45. The largest absolute Gasteiger partial charge is 0.495 e. The number of hydrogen-bond donors (Lipinski definition) is 0. The summed E-state index contributed by atoms with van der Waals surface area (Å²) in [6, 6.07) is 25.4. The topological polar surface area (TPSA) is 15.7 Å². The van der Waals surface area contributed by atoms with Crippen molar-refractivity contribution in [3.8, 4) is 5.75 Å². The fourth-order valence-corrected chi connectivity index (χ4v) is 6.52. The summed E-state index contributed by atoms with van der Waals surface area (Å²) < 4.78 is 5.81. The van der Waals surface area contributed by atoms with Crippen LogP contribution in [0.1, 0.15) is 29.9 Å². The van der Waals surface area contributed by atoms with E-state index in [-0.39, 0.29) is 11.5 Å². The van der Waals surface area contributed by atoms with Crippen molar-refractivity contribution < 1.29 is 4.74 Å². The van der Waals surface area contributed by atoms with Gasteiger partial charge in [-0.05, 0) is 67.2 Å². The number of piperidine rings is 3. The Bertz CT molecular complexity index is 1110. The molecule has 5 heteroatoms. The maximum Gasteiger partial charge on any atom is 0.142 e. The van der Waals surface area contributed by atoms with Crippen LogP contribution in [-0.4, -0.2) is 44.2 Å². The monoisotopic (exact) mass is 480 g/mol. The molecule has 3 nitrogen and oxygen atoms in total. The summed E-state index contributed by atoms with van der Waals surface area (Å²) in [5, 5.41) is 1.19. The lowest BCUT2D eigenvalue weighted by Crippen LogP contribution is -2.69. The van der Waals surface area contributed by atoms with Gasteiger partial charge in [-0.1, -0.05) is 71.7 Å². The molecule has 3 aromatic carbocycles. The van der Waals surface area contributed by atoms with Crippen molar-refractivity contribution in [3.63, 3.8) is 0 Å². The van der Waals surface area contributed by atoms with Crippen LogP contribution in [-0.2, 0) is 0 Å². The van der Waals surface area contributed by atoms with Crippen molar-refractivity contribution >= 4 is 28.9 Å². The number of nitrogens with zero attached hydrogens (tertiary/aromatic N) is 2. The molecule has 0 aliphatic carbocycles. The predicted octanol–water partition coefficient (Wildman–Crippen LogP) is 6.73. The Labute approximate surface area is 206 Å². The number of methoxy groups -OCH3 is 1. The highest BCUT2D eigenvalue weighted by Gasteiger charge is 2.55. The Morgan fingerprint density at radius 3 is 2.24 bits per heavy atom. The molecule has 2 bridgehead atoms. The minimum absolute atomic E-state index is 0.122. The van der Waals surface area contributed by atoms with E-state index in [1.807, 2.05) is 12.1 Å². The molecule has 0 saturated carbocycles. The summed E-state index contributed by atoms with van der Waals surface area (Å²) in [7, 11) is 4.00.